The molecule has 4 rings (SSSR count). The van der Waals surface area contributed by atoms with Gasteiger partial charge in [0.25, 0.3) is 11.2 Å². The van der Waals surface area contributed by atoms with E-state index >= 15 is 0 Å². The van der Waals surface area contributed by atoms with E-state index in [4.69, 9.17) is 0 Å². The Balaban J connectivity index is 1.85. The third-order valence-electron chi connectivity index (χ3n) is 5.22. The maximum atomic E-state index is 13.5. The van der Waals surface area contributed by atoms with E-state index in [0.717, 1.165) is 6.26 Å². The Labute approximate surface area is 194 Å². The number of hydrogen-bond acceptors (Lipinski definition) is 6. The first-order valence-electron chi connectivity index (χ1n) is 10.0. The van der Waals surface area contributed by atoms with Crippen molar-refractivity contribution in [1.82, 2.24) is 9.78 Å². The lowest BCUT2D eigenvalue weighted by atomic mass is 9.97. The minimum absolute atomic E-state index is 0.0119. The maximum Gasteiger partial charge on any atom is 0.275 e. The molecule has 0 amide bonds. The van der Waals surface area contributed by atoms with E-state index in [1.165, 1.54) is 65.5 Å². The summed E-state index contributed by atoms with van der Waals surface area (Å²) >= 11 is 0. The third kappa shape index (κ3) is 4.76. The van der Waals surface area contributed by atoms with Crippen LogP contribution in [0.2, 0.25) is 0 Å². The Kier molecular flexibility index (Phi) is 6.08. The Hall–Kier alpha value is -4.18. The second kappa shape index (κ2) is 8.99. The summed E-state index contributed by atoms with van der Waals surface area (Å²) in [6, 6.07) is 17.3. The molecule has 10 heteroatoms. The van der Waals surface area contributed by atoms with Gasteiger partial charge in [0, 0.05) is 24.0 Å². The first kappa shape index (κ1) is 23.0. The molecule has 0 saturated carbocycles. The van der Waals surface area contributed by atoms with E-state index in [9.17, 15) is 27.7 Å². The van der Waals surface area contributed by atoms with Crippen molar-refractivity contribution in [3.63, 3.8) is 0 Å². The van der Waals surface area contributed by atoms with Crippen LogP contribution in [0.25, 0.3) is 22.3 Å². The first-order valence-corrected chi connectivity index (χ1v) is 11.9. The second-order valence-electron chi connectivity index (χ2n) is 7.63. The Bertz CT molecular complexity index is 1550. The smallest absolute Gasteiger partial charge is 0.267 e. The number of rotatable bonds is 6. The monoisotopic (exact) mass is 479 g/mol. The molecule has 0 fully saturated rings. The van der Waals surface area contributed by atoms with E-state index < -0.39 is 26.1 Å². The molecular weight excluding hydrogens is 461 g/mol. The van der Waals surface area contributed by atoms with Gasteiger partial charge in [0.15, 0.2) is 9.84 Å². The molecule has 34 heavy (non-hydrogen) atoms. The zero-order chi connectivity index (χ0) is 24.5. The van der Waals surface area contributed by atoms with Crippen molar-refractivity contribution >= 4 is 15.5 Å². The summed E-state index contributed by atoms with van der Waals surface area (Å²) in [7, 11) is -3.40. The molecular formula is C24H18FN3O5S. The zero-order valence-electron chi connectivity index (χ0n) is 17.9. The predicted molar refractivity (Wildman–Crippen MR) is 125 cm³/mol. The van der Waals surface area contributed by atoms with Crippen molar-refractivity contribution in [2.75, 3.05) is 6.26 Å². The van der Waals surface area contributed by atoms with Crippen LogP contribution >= 0.6 is 0 Å². The number of sulfone groups is 1. The van der Waals surface area contributed by atoms with Crippen molar-refractivity contribution < 1.29 is 17.7 Å². The maximum absolute atomic E-state index is 13.5. The number of nitro benzene ring substituents is 1. The van der Waals surface area contributed by atoms with Gasteiger partial charge in [-0.1, -0.05) is 36.4 Å². The fourth-order valence-corrected chi connectivity index (χ4v) is 4.17. The summed E-state index contributed by atoms with van der Waals surface area (Å²) in [5.74, 6) is -0.464. The van der Waals surface area contributed by atoms with Gasteiger partial charge in [-0.3, -0.25) is 14.9 Å². The van der Waals surface area contributed by atoms with E-state index in [2.05, 4.69) is 5.10 Å². The van der Waals surface area contributed by atoms with Crippen LogP contribution in [0.15, 0.2) is 88.7 Å². The number of halogens is 1. The van der Waals surface area contributed by atoms with Crippen LogP contribution in [0.3, 0.4) is 0 Å². The first-order chi connectivity index (χ1) is 16.1. The molecule has 8 nitrogen and oxygen atoms in total. The molecule has 0 radical (unpaired) electrons. The molecule has 0 saturated heterocycles. The van der Waals surface area contributed by atoms with Crippen LogP contribution in [-0.4, -0.2) is 29.4 Å². The highest BCUT2D eigenvalue weighted by molar-refractivity contribution is 7.90. The van der Waals surface area contributed by atoms with Crippen molar-refractivity contribution in [3.8, 4) is 22.3 Å². The van der Waals surface area contributed by atoms with Crippen molar-refractivity contribution in [2.24, 2.45) is 0 Å². The number of hydrogen-bond donors (Lipinski definition) is 0. The van der Waals surface area contributed by atoms with Gasteiger partial charge in [-0.05, 0) is 41.0 Å². The molecule has 0 unspecified atom stereocenters. The van der Waals surface area contributed by atoms with Crippen LogP contribution in [0.1, 0.15) is 5.56 Å². The van der Waals surface area contributed by atoms with Gasteiger partial charge < -0.3 is 0 Å². The lowest BCUT2D eigenvalue weighted by molar-refractivity contribution is -0.384. The molecule has 0 aliphatic heterocycles. The average Bonchev–Trinajstić information content (AvgIpc) is 2.81. The van der Waals surface area contributed by atoms with Crippen LogP contribution in [0.5, 0.6) is 0 Å². The number of nitrogens with zero attached hydrogens (tertiary/aromatic N) is 3. The summed E-state index contributed by atoms with van der Waals surface area (Å²) in [6.07, 6.45) is 2.56. The molecule has 1 heterocycles. The average molecular weight is 479 g/mol. The van der Waals surface area contributed by atoms with Gasteiger partial charge in [0.2, 0.25) is 0 Å². The minimum Gasteiger partial charge on any atom is -0.267 e. The van der Waals surface area contributed by atoms with Crippen molar-refractivity contribution in [3.05, 3.63) is 111 Å². The number of non-ortho nitro benzene ring substituents is 1. The fraction of sp³-hybridized carbons (Fsp3) is 0.0833. The molecule has 0 bridgehead atoms. The van der Waals surface area contributed by atoms with Gasteiger partial charge in [-0.15, -0.1) is 0 Å². The van der Waals surface area contributed by atoms with E-state index in [0.29, 0.717) is 22.3 Å². The normalized spacial score (nSPS) is 11.4. The topological polar surface area (TPSA) is 112 Å². The Morgan fingerprint density at radius 2 is 1.65 bits per heavy atom. The summed E-state index contributed by atoms with van der Waals surface area (Å²) in [5.41, 5.74) is 1.61. The fourth-order valence-electron chi connectivity index (χ4n) is 3.54. The van der Waals surface area contributed by atoms with Crippen LogP contribution < -0.4 is 5.56 Å². The lowest BCUT2D eigenvalue weighted by Gasteiger charge is -2.13. The SMILES string of the molecule is CS(=O)(=O)c1ccc(-c2cnn(Cc3cccc([N+](=O)[O-])c3)c(=O)c2-c2ccc(F)cc2)cc1. The van der Waals surface area contributed by atoms with Gasteiger partial charge in [-0.25, -0.2) is 17.5 Å². The third-order valence-corrected chi connectivity index (χ3v) is 6.35. The molecule has 1 aromatic heterocycles. The van der Waals surface area contributed by atoms with E-state index in [-0.39, 0.29) is 22.7 Å². The molecule has 0 aliphatic rings. The van der Waals surface area contributed by atoms with Crippen molar-refractivity contribution in [2.45, 2.75) is 11.4 Å². The summed E-state index contributed by atoms with van der Waals surface area (Å²) in [6.45, 7) is -0.0119. The van der Waals surface area contributed by atoms with E-state index in [1.54, 1.807) is 18.2 Å². The van der Waals surface area contributed by atoms with Crippen LogP contribution in [0.4, 0.5) is 10.1 Å². The highest BCUT2D eigenvalue weighted by Gasteiger charge is 2.17. The molecule has 0 aliphatic carbocycles. The van der Waals surface area contributed by atoms with E-state index in [1.807, 2.05) is 0 Å². The molecule has 0 atom stereocenters. The largest absolute Gasteiger partial charge is 0.275 e. The van der Waals surface area contributed by atoms with Crippen molar-refractivity contribution in [1.29, 1.82) is 0 Å². The molecule has 3 aromatic carbocycles. The number of benzene rings is 3. The van der Waals surface area contributed by atoms with Gasteiger partial charge in [-0.2, -0.15) is 5.10 Å². The zero-order valence-corrected chi connectivity index (χ0v) is 18.7. The van der Waals surface area contributed by atoms with Crippen LogP contribution in [0, 0.1) is 15.9 Å². The highest BCUT2D eigenvalue weighted by atomic mass is 32.2. The molecule has 4 aromatic rings. The Morgan fingerprint density at radius 3 is 2.26 bits per heavy atom. The predicted octanol–water partition coefficient (Wildman–Crippen LogP) is 4.08. The second-order valence-corrected chi connectivity index (χ2v) is 9.64. The lowest BCUT2D eigenvalue weighted by Crippen LogP contribution is -2.25. The summed E-state index contributed by atoms with van der Waals surface area (Å²) < 4.78 is 38.3. The highest BCUT2D eigenvalue weighted by Crippen LogP contribution is 2.30. The quantitative estimate of drug-likeness (QED) is 0.304. The molecule has 0 spiro atoms. The van der Waals surface area contributed by atoms with Crippen LogP contribution in [-0.2, 0) is 16.4 Å². The van der Waals surface area contributed by atoms with Gasteiger partial charge >= 0.3 is 0 Å². The summed E-state index contributed by atoms with van der Waals surface area (Å²) in [4.78, 5) is 24.2. The van der Waals surface area contributed by atoms with Gasteiger partial charge in [0.05, 0.1) is 28.1 Å². The summed E-state index contributed by atoms with van der Waals surface area (Å²) in [5, 5.41) is 15.3. The van der Waals surface area contributed by atoms with Gasteiger partial charge in [0.1, 0.15) is 5.82 Å². The number of aromatic nitrogens is 2. The Morgan fingerprint density at radius 1 is 1.00 bits per heavy atom. The molecule has 0 N–H and O–H groups in total. The number of nitro groups is 1. The minimum atomic E-state index is -3.40. The molecule has 172 valence electrons. The standard InChI is InChI=1S/C24H18FN3O5S/c1-34(32,33)21-11-7-17(8-12-21)22-14-26-27(15-16-3-2-4-20(13-16)28(30)31)24(29)23(22)18-5-9-19(25)10-6-18/h2-14H,15H2,1H3.